The van der Waals surface area contributed by atoms with Gasteiger partial charge in [0.25, 0.3) is 5.56 Å². The van der Waals surface area contributed by atoms with E-state index in [0.717, 1.165) is 12.8 Å². The van der Waals surface area contributed by atoms with E-state index in [0.29, 0.717) is 17.9 Å². The Bertz CT molecular complexity index is 554. The van der Waals surface area contributed by atoms with Gasteiger partial charge in [-0.1, -0.05) is 0 Å². The lowest BCUT2D eigenvalue weighted by atomic mass is 10.0. The van der Waals surface area contributed by atoms with E-state index in [9.17, 15) is 4.79 Å². The Labute approximate surface area is 105 Å². The van der Waals surface area contributed by atoms with E-state index in [4.69, 9.17) is 9.47 Å². The summed E-state index contributed by atoms with van der Waals surface area (Å²) in [5.41, 5.74) is 0.0166. The standard InChI is InChI=1S/C13H16N2O3/c1-13(2)6-5-9-10(18-13)8-14-15(12(9)16)11-4-3-7-17-11/h5-6,8,11H,3-4,7H2,1-2H3. The van der Waals surface area contributed by atoms with Gasteiger partial charge in [0, 0.05) is 6.61 Å². The highest BCUT2D eigenvalue weighted by Crippen LogP contribution is 2.28. The van der Waals surface area contributed by atoms with Crippen molar-refractivity contribution in [3.8, 4) is 5.75 Å². The molecule has 1 saturated heterocycles. The van der Waals surface area contributed by atoms with Crippen LogP contribution >= 0.6 is 0 Å². The van der Waals surface area contributed by atoms with Gasteiger partial charge in [-0.15, -0.1) is 0 Å². The summed E-state index contributed by atoms with van der Waals surface area (Å²) in [5.74, 6) is 0.543. The Morgan fingerprint density at radius 2 is 2.33 bits per heavy atom. The molecule has 0 aromatic carbocycles. The molecule has 1 atom stereocenters. The van der Waals surface area contributed by atoms with Crippen molar-refractivity contribution < 1.29 is 9.47 Å². The maximum absolute atomic E-state index is 12.3. The molecular formula is C13H16N2O3. The fourth-order valence-corrected chi connectivity index (χ4v) is 2.26. The van der Waals surface area contributed by atoms with Gasteiger partial charge in [-0.2, -0.15) is 5.10 Å². The normalized spacial score (nSPS) is 24.7. The van der Waals surface area contributed by atoms with Crippen LogP contribution in [-0.4, -0.2) is 22.0 Å². The molecular weight excluding hydrogens is 232 g/mol. The van der Waals surface area contributed by atoms with Gasteiger partial charge in [0.1, 0.15) is 5.60 Å². The Morgan fingerprint density at radius 1 is 1.50 bits per heavy atom. The van der Waals surface area contributed by atoms with Crippen molar-refractivity contribution in [2.45, 2.75) is 38.5 Å². The number of rotatable bonds is 1. The quantitative estimate of drug-likeness (QED) is 0.759. The molecule has 1 aromatic heterocycles. The Hall–Kier alpha value is -1.62. The summed E-state index contributed by atoms with van der Waals surface area (Å²) >= 11 is 0. The first-order valence-corrected chi connectivity index (χ1v) is 6.18. The molecule has 0 saturated carbocycles. The van der Waals surface area contributed by atoms with Crippen LogP contribution < -0.4 is 10.3 Å². The lowest BCUT2D eigenvalue weighted by Crippen LogP contribution is -2.34. The summed E-state index contributed by atoms with van der Waals surface area (Å²) in [6.45, 7) is 4.57. The van der Waals surface area contributed by atoms with Crippen molar-refractivity contribution in [3.63, 3.8) is 0 Å². The third kappa shape index (κ3) is 1.84. The summed E-state index contributed by atoms with van der Waals surface area (Å²) in [6, 6.07) is 0. The molecule has 5 heteroatoms. The maximum Gasteiger partial charge on any atom is 0.280 e. The SMILES string of the molecule is CC1(C)C=Cc2c(cnn(C3CCCO3)c2=O)O1. The smallest absolute Gasteiger partial charge is 0.280 e. The van der Waals surface area contributed by atoms with Crippen LogP contribution in [0.4, 0.5) is 0 Å². The average molecular weight is 248 g/mol. The zero-order valence-electron chi connectivity index (χ0n) is 10.5. The predicted octanol–water partition coefficient (Wildman–Crippen LogP) is 1.74. The summed E-state index contributed by atoms with van der Waals surface area (Å²) in [4.78, 5) is 12.3. The first-order valence-electron chi connectivity index (χ1n) is 6.18. The van der Waals surface area contributed by atoms with Crippen molar-refractivity contribution in [2.75, 3.05) is 6.61 Å². The summed E-state index contributed by atoms with van der Waals surface area (Å²) in [5, 5.41) is 4.16. The summed E-state index contributed by atoms with van der Waals surface area (Å²) in [6.07, 6.45) is 6.87. The van der Waals surface area contributed by atoms with Crippen LogP contribution in [0.5, 0.6) is 5.75 Å². The molecule has 1 aromatic rings. The first kappa shape index (κ1) is 11.5. The van der Waals surface area contributed by atoms with Gasteiger partial charge in [0.15, 0.2) is 12.0 Å². The highest BCUT2D eigenvalue weighted by Gasteiger charge is 2.27. The molecule has 0 radical (unpaired) electrons. The highest BCUT2D eigenvalue weighted by molar-refractivity contribution is 5.58. The van der Waals surface area contributed by atoms with Gasteiger partial charge in [0.05, 0.1) is 11.8 Å². The van der Waals surface area contributed by atoms with Crippen LogP contribution in [0.25, 0.3) is 6.08 Å². The van der Waals surface area contributed by atoms with Gasteiger partial charge >= 0.3 is 0 Å². The maximum atomic E-state index is 12.3. The van der Waals surface area contributed by atoms with Crippen molar-refractivity contribution in [1.82, 2.24) is 9.78 Å². The number of nitrogens with zero attached hydrogens (tertiary/aromatic N) is 2. The second kappa shape index (κ2) is 3.95. The van der Waals surface area contributed by atoms with Crippen LogP contribution in [0.2, 0.25) is 0 Å². The van der Waals surface area contributed by atoms with Gasteiger partial charge in [-0.05, 0) is 38.8 Å². The minimum absolute atomic E-state index is 0.147. The average Bonchev–Trinajstić information content (AvgIpc) is 2.81. The fourth-order valence-electron chi connectivity index (χ4n) is 2.26. The van der Waals surface area contributed by atoms with Crippen molar-refractivity contribution in [3.05, 3.63) is 28.2 Å². The van der Waals surface area contributed by atoms with Crippen LogP contribution in [-0.2, 0) is 4.74 Å². The number of hydrogen-bond donors (Lipinski definition) is 0. The molecule has 5 nitrogen and oxygen atoms in total. The molecule has 0 amide bonds. The Kier molecular flexibility index (Phi) is 2.52. The van der Waals surface area contributed by atoms with Crippen LogP contribution in [0, 0.1) is 0 Å². The lowest BCUT2D eigenvalue weighted by molar-refractivity contribution is 0.0418. The topological polar surface area (TPSA) is 53.4 Å². The Morgan fingerprint density at radius 3 is 3.06 bits per heavy atom. The summed E-state index contributed by atoms with van der Waals surface area (Å²) in [7, 11) is 0. The molecule has 2 aliphatic heterocycles. The second-order valence-electron chi connectivity index (χ2n) is 5.18. The summed E-state index contributed by atoms with van der Waals surface area (Å²) < 4.78 is 12.6. The van der Waals surface area contributed by atoms with E-state index in [2.05, 4.69) is 5.10 Å². The largest absolute Gasteiger partial charge is 0.481 e. The predicted molar refractivity (Wildman–Crippen MR) is 66.5 cm³/mol. The minimum atomic E-state index is -0.392. The number of aromatic nitrogens is 2. The third-order valence-corrected chi connectivity index (χ3v) is 3.21. The first-order chi connectivity index (χ1) is 8.57. The van der Waals surface area contributed by atoms with E-state index in [1.807, 2.05) is 26.0 Å². The molecule has 0 spiro atoms. The fraction of sp³-hybridized carbons (Fsp3) is 0.538. The Balaban J connectivity index is 2.05. The molecule has 3 rings (SSSR count). The van der Waals surface area contributed by atoms with Crippen LogP contribution in [0.15, 0.2) is 17.1 Å². The van der Waals surface area contributed by atoms with Crippen molar-refractivity contribution >= 4 is 6.08 Å². The monoisotopic (exact) mass is 248 g/mol. The van der Waals surface area contributed by atoms with Gasteiger partial charge in [-0.25, -0.2) is 4.68 Å². The third-order valence-electron chi connectivity index (χ3n) is 3.21. The zero-order chi connectivity index (χ0) is 12.8. The molecule has 96 valence electrons. The highest BCUT2D eigenvalue weighted by atomic mass is 16.5. The van der Waals surface area contributed by atoms with E-state index >= 15 is 0 Å². The van der Waals surface area contributed by atoms with Crippen LogP contribution in [0.1, 0.15) is 38.5 Å². The van der Waals surface area contributed by atoms with E-state index in [1.165, 1.54) is 4.68 Å². The van der Waals surface area contributed by atoms with E-state index in [1.54, 1.807) is 6.20 Å². The second-order valence-corrected chi connectivity index (χ2v) is 5.18. The number of fused-ring (bicyclic) bond motifs is 1. The van der Waals surface area contributed by atoms with Crippen LogP contribution in [0.3, 0.4) is 0 Å². The molecule has 0 aliphatic carbocycles. The molecule has 1 unspecified atom stereocenters. The number of ether oxygens (including phenoxy) is 2. The van der Waals surface area contributed by atoms with E-state index < -0.39 is 5.60 Å². The molecule has 1 fully saturated rings. The van der Waals surface area contributed by atoms with Crippen molar-refractivity contribution in [1.29, 1.82) is 0 Å². The molecule has 3 heterocycles. The molecule has 2 aliphatic rings. The molecule has 0 bridgehead atoms. The van der Waals surface area contributed by atoms with E-state index in [-0.39, 0.29) is 11.8 Å². The molecule has 0 N–H and O–H groups in total. The lowest BCUT2D eigenvalue weighted by Gasteiger charge is -2.27. The minimum Gasteiger partial charge on any atom is -0.481 e. The van der Waals surface area contributed by atoms with Gasteiger partial charge in [-0.3, -0.25) is 4.79 Å². The zero-order valence-corrected chi connectivity index (χ0v) is 10.5. The molecule has 18 heavy (non-hydrogen) atoms. The van der Waals surface area contributed by atoms with Gasteiger partial charge in [0.2, 0.25) is 0 Å². The number of hydrogen-bond acceptors (Lipinski definition) is 4. The van der Waals surface area contributed by atoms with Crippen molar-refractivity contribution in [2.24, 2.45) is 0 Å². The van der Waals surface area contributed by atoms with Gasteiger partial charge < -0.3 is 9.47 Å².